The van der Waals surface area contributed by atoms with Crippen LogP contribution in [0.1, 0.15) is 41.4 Å². The van der Waals surface area contributed by atoms with E-state index in [0.717, 1.165) is 24.2 Å². The predicted molar refractivity (Wildman–Crippen MR) is 87.6 cm³/mol. The minimum Gasteiger partial charge on any atom is -0.305 e. The van der Waals surface area contributed by atoms with Crippen molar-refractivity contribution in [3.8, 4) is 0 Å². The van der Waals surface area contributed by atoms with E-state index < -0.39 is 0 Å². The Morgan fingerprint density at radius 1 is 1.27 bits per heavy atom. The number of aryl methyl sites for hydroxylation is 2. The number of nitrogens with one attached hydrogen (secondary N) is 2. The van der Waals surface area contributed by atoms with E-state index in [0.29, 0.717) is 6.04 Å². The van der Waals surface area contributed by atoms with E-state index in [9.17, 15) is 0 Å². The molecule has 0 bridgehead atoms. The Morgan fingerprint density at radius 2 is 2.23 bits per heavy atom. The molecule has 4 heteroatoms. The molecule has 0 saturated heterocycles. The van der Waals surface area contributed by atoms with Crippen molar-refractivity contribution in [2.75, 3.05) is 0 Å². The fourth-order valence-corrected chi connectivity index (χ4v) is 3.30. The van der Waals surface area contributed by atoms with Crippen LogP contribution in [0, 0.1) is 6.92 Å². The molecule has 2 aromatic heterocycles. The summed E-state index contributed by atoms with van der Waals surface area (Å²) in [6.07, 6.45) is 5.51. The van der Waals surface area contributed by atoms with Crippen LogP contribution in [0.5, 0.6) is 0 Å². The van der Waals surface area contributed by atoms with Crippen molar-refractivity contribution in [2.45, 2.75) is 38.8 Å². The maximum Gasteiger partial charge on any atom is 0.0705 e. The summed E-state index contributed by atoms with van der Waals surface area (Å²) in [7, 11) is 0. The highest BCUT2D eigenvalue weighted by Gasteiger charge is 2.21. The van der Waals surface area contributed by atoms with Crippen LogP contribution in [-0.4, -0.2) is 15.2 Å². The van der Waals surface area contributed by atoms with Gasteiger partial charge in [-0.05, 0) is 55.5 Å². The molecular formula is C18H20N4. The molecule has 0 spiro atoms. The first kappa shape index (κ1) is 13.5. The number of aromatic amines is 1. The summed E-state index contributed by atoms with van der Waals surface area (Å²) in [6.45, 7) is 2.90. The zero-order valence-corrected chi connectivity index (χ0v) is 12.8. The minimum atomic E-state index is 0.387. The lowest BCUT2D eigenvalue weighted by Crippen LogP contribution is -2.24. The summed E-state index contributed by atoms with van der Waals surface area (Å²) in [5.74, 6) is 0. The maximum absolute atomic E-state index is 4.56. The first-order valence-electron chi connectivity index (χ1n) is 7.91. The maximum atomic E-state index is 4.56. The summed E-state index contributed by atoms with van der Waals surface area (Å²) >= 11 is 0. The summed E-state index contributed by atoms with van der Waals surface area (Å²) in [5.41, 5.74) is 6.06. The van der Waals surface area contributed by atoms with Crippen molar-refractivity contribution in [2.24, 2.45) is 0 Å². The Balaban J connectivity index is 1.52. The lowest BCUT2D eigenvalue weighted by Gasteiger charge is -2.23. The van der Waals surface area contributed by atoms with Gasteiger partial charge in [0.15, 0.2) is 0 Å². The van der Waals surface area contributed by atoms with E-state index in [1.807, 2.05) is 13.1 Å². The van der Waals surface area contributed by atoms with Gasteiger partial charge in [-0.15, -0.1) is 0 Å². The average molecular weight is 292 g/mol. The Bertz CT molecular complexity index is 806. The van der Waals surface area contributed by atoms with E-state index in [2.05, 4.69) is 50.8 Å². The van der Waals surface area contributed by atoms with Gasteiger partial charge in [0.1, 0.15) is 0 Å². The van der Waals surface area contributed by atoms with Gasteiger partial charge in [-0.3, -0.25) is 10.1 Å². The van der Waals surface area contributed by atoms with Gasteiger partial charge in [0.25, 0.3) is 0 Å². The highest BCUT2D eigenvalue weighted by Crippen LogP contribution is 2.28. The van der Waals surface area contributed by atoms with Crippen molar-refractivity contribution in [3.05, 3.63) is 59.0 Å². The number of hydrogen-bond acceptors (Lipinski definition) is 3. The topological polar surface area (TPSA) is 53.6 Å². The molecule has 0 saturated carbocycles. The van der Waals surface area contributed by atoms with Crippen molar-refractivity contribution < 1.29 is 0 Å². The second-order valence-electron chi connectivity index (χ2n) is 6.11. The molecule has 2 heterocycles. The third-order valence-electron chi connectivity index (χ3n) is 4.48. The largest absolute Gasteiger partial charge is 0.305 e. The van der Waals surface area contributed by atoms with E-state index in [1.54, 1.807) is 0 Å². The minimum absolute atomic E-state index is 0.387. The van der Waals surface area contributed by atoms with Crippen LogP contribution < -0.4 is 5.32 Å². The van der Waals surface area contributed by atoms with Crippen LogP contribution in [0.25, 0.3) is 10.9 Å². The van der Waals surface area contributed by atoms with Crippen LogP contribution in [0.4, 0.5) is 0 Å². The molecule has 112 valence electrons. The van der Waals surface area contributed by atoms with Crippen LogP contribution in [0.2, 0.25) is 0 Å². The molecule has 2 N–H and O–H groups in total. The number of benzene rings is 1. The molecule has 3 aromatic rings. The Kier molecular flexibility index (Phi) is 3.39. The first-order valence-corrected chi connectivity index (χ1v) is 7.91. The highest BCUT2D eigenvalue weighted by molar-refractivity contribution is 5.79. The molecule has 1 aliphatic rings. The van der Waals surface area contributed by atoms with Crippen molar-refractivity contribution in [3.63, 3.8) is 0 Å². The monoisotopic (exact) mass is 292 g/mol. The zero-order chi connectivity index (χ0) is 14.9. The summed E-state index contributed by atoms with van der Waals surface area (Å²) in [6, 6.07) is 11.1. The third-order valence-corrected chi connectivity index (χ3v) is 4.48. The number of rotatable bonds is 3. The van der Waals surface area contributed by atoms with Gasteiger partial charge in [-0.1, -0.05) is 12.1 Å². The van der Waals surface area contributed by atoms with Crippen LogP contribution >= 0.6 is 0 Å². The van der Waals surface area contributed by atoms with Crippen LogP contribution in [-0.2, 0) is 13.0 Å². The number of nitrogens with zero attached hydrogens (tertiary/aromatic N) is 2. The predicted octanol–water partition coefficient (Wildman–Crippen LogP) is 3.43. The quantitative estimate of drug-likeness (QED) is 0.777. The highest BCUT2D eigenvalue weighted by atomic mass is 15.1. The third kappa shape index (κ3) is 2.50. The molecule has 1 aromatic carbocycles. The van der Waals surface area contributed by atoms with Gasteiger partial charge >= 0.3 is 0 Å². The van der Waals surface area contributed by atoms with Gasteiger partial charge in [0.05, 0.1) is 17.4 Å². The van der Waals surface area contributed by atoms with Crippen molar-refractivity contribution >= 4 is 10.9 Å². The average Bonchev–Trinajstić information content (AvgIpc) is 3.02. The molecule has 0 radical (unpaired) electrons. The molecular weight excluding hydrogens is 272 g/mol. The molecule has 4 nitrogen and oxygen atoms in total. The number of aromatic nitrogens is 3. The number of H-pyrrole nitrogens is 1. The van der Waals surface area contributed by atoms with Crippen molar-refractivity contribution in [1.29, 1.82) is 0 Å². The molecule has 0 amide bonds. The van der Waals surface area contributed by atoms with Gasteiger partial charge in [-0.2, -0.15) is 5.10 Å². The number of fused-ring (bicyclic) bond motifs is 2. The van der Waals surface area contributed by atoms with E-state index in [4.69, 9.17) is 0 Å². The van der Waals surface area contributed by atoms with Gasteiger partial charge < -0.3 is 5.32 Å². The van der Waals surface area contributed by atoms with E-state index in [-0.39, 0.29) is 0 Å². The van der Waals surface area contributed by atoms with E-state index in [1.165, 1.54) is 35.0 Å². The van der Waals surface area contributed by atoms with Gasteiger partial charge in [0.2, 0.25) is 0 Å². The van der Waals surface area contributed by atoms with Crippen LogP contribution in [0.3, 0.4) is 0 Å². The molecule has 1 aliphatic carbocycles. The van der Waals surface area contributed by atoms with E-state index >= 15 is 0 Å². The molecule has 1 atom stereocenters. The lowest BCUT2D eigenvalue weighted by molar-refractivity contribution is 0.450. The smallest absolute Gasteiger partial charge is 0.0705 e. The molecule has 0 aliphatic heterocycles. The normalized spacial score (nSPS) is 17.6. The standard InChI is InChI=1S/C18H20N4/c1-12-5-7-14-9-13(6-8-16(14)21-12)10-19-17-4-2-3-15-11-20-22-18(15)17/h5-9,11,17,19H,2-4,10H2,1H3,(H,20,22). The Hall–Kier alpha value is -2.20. The summed E-state index contributed by atoms with van der Waals surface area (Å²) in [4.78, 5) is 4.56. The molecule has 0 fully saturated rings. The SMILES string of the molecule is Cc1ccc2cc(CNC3CCCc4cn[nH]c43)ccc2n1. The number of hydrogen-bond donors (Lipinski definition) is 2. The first-order chi connectivity index (χ1) is 10.8. The Labute approximate surface area is 130 Å². The number of pyridine rings is 1. The second-order valence-corrected chi connectivity index (χ2v) is 6.11. The zero-order valence-electron chi connectivity index (χ0n) is 12.8. The van der Waals surface area contributed by atoms with Crippen LogP contribution in [0.15, 0.2) is 36.5 Å². The fourth-order valence-electron chi connectivity index (χ4n) is 3.30. The Morgan fingerprint density at radius 3 is 3.18 bits per heavy atom. The van der Waals surface area contributed by atoms with Gasteiger partial charge in [-0.25, -0.2) is 0 Å². The summed E-state index contributed by atoms with van der Waals surface area (Å²) in [5, 5.41) is 12.2. The van der Waals surface area contributed by atoms with Crippen molar-refractivity contribution in [1.82, 2.24) is 20.5 Å². The molecule has 4 rings (SSSR count). The molecule has 1 unspecified atom stereocenters. The fraction of sp³-hybridized carbons (Fsp3) is 0.333. The lowest BCUT2D eigenvalue weighted by atomic mass is 9.93. The van der Waals surface area contributed by atoms with Gasteiger partial charge in [0, 0.05) is 23.7 Å². The second kappa shape index (κ2) is 5.54. The molecule has 22 heavy (non-hydrogen) atoms. The summed E-state index contributed by atoms with van der Waals surface area (Å²) < 4.78 is 0.